The van der Waals surface area contributed by atoms with Crippen molar-refractivity contribution >= 4 is 28.9 Å². The third kappa shape index (κ3) is 4.33. The molecule has 0 radical (unpaired) electrons. The van der Waals surface area contributed by atoms with E-state index in [1.165, 1.54) is 0 Å². The number of nitrogens with one attached hydrogen (secondary N) is 1. The van der Waals surface area contributed by atoms with Gasteiger partial charge in [-0.05, 0) is 80.8 Å². The number of benzene rings is 3. The molecule has 35 heavy (non-hydrogen) atoms. The van der Waals surface area contributed by atoms with Crippen molar-refractivity contribution in [1.29, 1.82) is 0 Å². The fraction of sp³-hybridized carbons (Fsp3) is 0.179. The highest BCUT2D eigenvalue weighted by molar-refractivity contribution is 6.30. The lowest BCUT2D eigenvalue weighted by atomic mass is 9.93. The Bertz CT molecular complexity index is 1440. The first-order valence-corrected chi connectivity index (χ1v) is 11.7. The van der Waals surface area contributed by atoms with Crippen LogP contribution in [0.2, 0.25) is 5.02 Å². The lowest BCUT2D eigenvalue weighted by Crippen LogP contribution is -2.46. The van der Waals surface area contributed by atoms with Gasteiger partial charge in [0.2, 0.25) is 5.82 Å². The minimum atomic E-state index is -0.440. The SMILES string of the molecule is CC1=C(c2nc(-c3ccc(Cl)cc3)no2)C(c2ccc(C)cc2)NC(=O)N1c1ccc(C)c(C)c1. The summed E-state index contributed by atoms with van der Waals surface area (Å²) in [6.45, 7) is 8.03. The molecular weight excluding hydrogens is 460 g/mol. The summed E-state index contributed by atoms with van der Waals surface area (Å²) in [7, 11) is 0. The molecule has 1 N–H and O–H groups in total. The number of carbonyl (C=O) groups excluding carboxylic acids is 1. The van der Waals surface area contributed by atoms with Gasteiger partial charge in [0.15, 0.2) is 0 Å². The van der Waals surface area contributed by atoms with Crippen molar-refractivity contribution in [2.24, 2.45) is 0 Å². The zero-order chi connectivity index (χ0) is 24.7. The highest BCUT2D eigenvalue weighted by Gasteiger charge is 2.36. The summed E-state index contributed by atoms with van der Waals surface area (Å²) in [6, 6.07) is 20.7. The maximum Gasteiger partial charge on any atom is 0.326 e. The van der Waals surface area contributed by atoms with Crippen molar-refractivity contribution in [3.8, 4) is 11.4 Å². The highest BCUT2D eigenvalue weighted by atomic mass is 35.5. The highest BCUT2D eigenvalue weighted by Crippen LogP contribution is 2.39. The molecule has 1 aliphatic rings. The molecule has 2 amide bonds. The van der Waals surface area contributed by atoms with Crippen LogP contribution in [0.4, 0.5) is 10.5 Å². The smallest absolute Gasteiger partial charge is 0.326 e. The molecule has 1 aromatic heterocycles. The van der Waals surface area contributed by atoms with E-state index in [0.29, 0.717) is 16.7 Å². The van der Waals surface area contributed by atoms with Gasteiger partial charge in [-0.2, -0.15) is 4.98 Å². The second kappa shape index (κ2) is 9.04. The molecule has 1 aliphatic heterocycles. The molecular formula is C28H25ClN4O2. The van der Waals surface area contributed by atoms with E-state index in [1.54, 1.807) is 17.0 Å². The summed E-state index contributed by atoms with van der Waals surface area (Å²) in [5.74, 6) is 0.807. The van der Waals surface area contributed by atoms with Crippen LogP contribution < -0.4 is 10.2 Å². The molecule has 0 bridgehead atoms. The number of aryl methyl sites for hydroxylation is 3. The number of amides is 2. The number of aromatic nitrogens is 2. The van der Waals surface area contributed by atoms with Crippen molar-refractivity contribution < 1.29 is 9.32 Å². The zero-order valence-electron chi connectivity index (χ0n) is 20.0. The third-order valence-corrected chi connectivity index (χ3v) is 6.65. The molecule has 0 saturated carbocycles. The van der Waals surface area contributed by atoms with Gasteiger partial charge in [-0.15, -0.1) is 0 Å². The molecule has 4 aromatic rings. The van der Waals surface area contributed by atoms with Crippen LogP contribution in [-0.4, -0.2) is 16.2 Å². The first-order chi connectivity index (χ1) is 16.8. The van der Waals surface area contributed by atoms with E-state index in [-0.39, 0.29) is 6.03 Å². The van der Waals surface area contributed by atoms with E-state index in [2.05, 4.69) is 10.5 Å². The van der Waals surface area contributed by atoms with Crippen LogP contribution in [0.1, 0.15) is 41.1 Å². The van der Waals surface area contributed by atoms with Crippen molar-refractivity contribution in [2.75, 3.05) is 4.90 Å². The molecule has 0 saturated heterocycles. The summed E-state index contributed by atoms with van der Waals surface area (Å²) in [5.41, 5.74) is 7.39. The van der Waals surface area contributed by atoms with Crippen LogP contribution in [0.15, 0.2) is 77.0 Å². The van der Waals surface area contributed by atoms with Gasteiger partial charge >= 0.3 is 6.03 Å². The fourth-order valence-electron chi connectivity index (χ4n) is 4.25. The fourth-order valence-corrected chi connectivity index (χ4v) is 4.38. The Balaban J connectivity index is 1.65. The lowest BCUT2D eigenvalue weighted by Gasteiger charge is -2.35. The molecule has 5 rings (SSSR count). The van der Waals surface area contributed by atoms with Crippen molar-refractivity contribution in [1.82, 2.24) is 15.5 Å². The van der Waals surface area contributed by atoms with E-state index < -0.39 is 6.04 Å². The number of hydrogen-bond acceptors (Lipinski definition) is 4. The Kier molecular flexibility index (Phi) is 5.91. The van der Waals surface area contributed by atoms with Gasteiger partial charge in [0, 0.05) is 16.3 Å². The van der Waals surface area contributed by atoms with E-state index in [4.69, 9.17) is 21.1 Å². The summed E-state index contributed by atoms with van der Waals surface area (Å²) >= 11 is 6.03. The van der Waals surface area contributed by atoms with E-state index >= 15 is 0 Å². The Hall–Kier alpha value is -3.90. The average Bonchev–Trinajstić information content (AvgIpc) is 3.31. The molecule has 1 unspecified atom stereocenters. The van der Waals surface area contributed by atoms with Gasteiger partial charge in [0.1, 0.15) is 0 Å². The predicted molar refractivity (Wildman–Crippen MR) is 138 cm³/mol. The zero-order valence-corrected chi connectivity index (χ0v) is 20.7. The van der Waals surface area contributed by atoms with Crippen LogP contribution in [0, 0.1) is 20.8 Å². The molecule has 2 heterocycles. The molecule has 0 spiro atoms. The topological polar surface area (TPSA) is 71.3 Å². The quantitative estimate of drug-likeness (QED) is 0.338. The Labute approximate surface area is 209 Å². The molecule has 0 aliphatic carbocycles. The molecule has 3 aromatic carbocycles. The number of rotatable bonds is 4. The van der Waals surface area contributed by atoms with Crippen LogP contribution in [-0.2, 0) is 0 Å². The molecule has 1 atom stereocenters. The largest absolute Gasteiger partial charge is 0.334 e. The molecule has 6 nitrogen and oxygen atoms in total. The van der Waals surface area contributed by atoms with Gasteiger partial charge in [-0.3, -0.25) is 4.90 Å². The maximum absolute atomic E-state index is 13.4. The summed E-state index contributed by atoms with van der Waals surface area (Å²) in [6.07, 6.45) is 0. The number of allylic oxidation sites excluding steroid dienone is 1. The Morgan fingerprint density at radius 3 is 2.31 bits per heavy atom. The first kappa shape index (κ1) is 22.9. The van der Waals surface area contributed by atoms with Gasteiger partial charge in [-0.1, -0.05) is 52.7 Å². The summed E-state index contributed by atoms with van der Waals surface area (Å²) in [5, 5.41) is 8.00. The van der Waals surface area contributed by atoms with Gasteiger partial charge in [-0.25, -0.2) is 4.79 Å². The van der Waals surface area contributed by atoms with E-state index in [9.17, 15) is 4.79 Å². The molecule has 0 fully saturated rings. The normalized spacial score (nSPS) is 16.0. The number of anilines is 1. The maximum atomic E-state index is 13.4. The molecule has 7 heteroatoms. The van der Waals surface area contributed by atoms with E-state index in [0.717, 1.165) is 44.8 Å². The number of halogens is 1. The minimum absolute atomic E-state index is 0.211. The van der Waals surface area contributed by atoms with Crippen LogP contribution in [0.3, 0.4) is 0 Å². The summed E-state index contributed by atoms with van der Waals surface area (Å²) < 4.78 is 5.77. The number of nitrogens with zero attached hydrogens (tertiary/aromatic N) is 3. The van der Waals surface area contributed by atoms with Crippen molar-refractivity contribution in [3.63, 3.8) is 0 Å². The van der Waals surface area contributed by atoms with Crippen molar-refractivity contribution in [3.05, 3.63) is 106 Å². The van der Waals surface area contributed by atoms with Gasteiger partial charge < -0.3 is 9.84 Å². The Morgan fingerprint density at radius 1 is 0.914 bits per heavy atom. The second-order valence-corrected chi connectivity index (χ2v) is 9.26. The number of carbonyl (C=O) groups is 1. The summed E-state index contributed by atoms with van der Waals surface area (Å²) in [4.78, 5) is 19.8. The van der Waals surface area contributed by atoms with E-state index in [1.807, 2.05) is 82.3 Å². The van der Waals surface area contributed by atoms with Gasteiger partial charge in [0.05, 0.1) is 17.3 Å². The average molecular weight is 485 g/mol. The lowest BCUT2D eigenvalue weighted by molar-refractivity contribution is 0.244. The first-order valence-electron chi connectivity index (χ1n) is 11.4. The second-order valence-electron chi connectivity index (χ2n) is 8.83. The van der Waals surface area contributed by atoms with Crippen molar-refractivity contribution in [2.45, 2.75) is 33.7 Å². The number of hydrogen-bond donors (Lipinski definition) is 1. The third-order valence-electron chi connectivity index (χ3n) is 6.40. The molecule has 176 valence electrons. The van der Waals surface area contributed by atoms with Crippen LogP contribution in [0.25, 0.3) is 17.0 Å². The monoisotopic (exact) mass is 484 g/mol. The Morgan fingerprint density at radius 2 is 1.63 bits per heavy atom. The standard InChI is InChI=1S/C28H25ClN4O2/c1-16-5-8-20(9-6-16)25-24(27-31-26(32-35-27)21-10-12-22(29)13-11-21)19(4)33(28(34)30-25)23-14-7-17(2)18(3)15-23/h5-15,25H,1-4H3,(H,30,34). The number of urea groups is 1. The predicted octanol–water partition coefficient (Wildman–Crippen LogP) is 7.02. The van der Waals surface area contributed by atoms with Crippen LogP contribution >= 0.6 is 11.6 Å². The minimum Gasteiger partial charge on any atom is -0.334 e. The van der Waals surface area contributed by atoms with Gasteiger partial charge in [0.25, 0.3) is 5.89 Å². The van der Waals surface area contributed by atoms with Crippen LogP contribution in [0.5, 0.6) is 0 Å².